The number of esters is 1. The van der Waals surface area contributed by atoms with Gasteiger partial charge in [0.25, 0.3) is 5.91 Å². The second kappa shape index (κ2) is 9.14. The highest BCUT2D eigenvalue weighted by molar-refractivity contribution is 6.31. The summed E-state index contributed by atoms with van der Waals surface area (Å²) in [5, 5.41) is 3.14. The van der Waals surface area contributed by atoms with E-state index in [1.807, 2.05) is 6.92 Å². The smallest absolute Gasteiger partial charge is 0.342 e. The monoisotopic (exact) mass is 393 g/mol. The number of carbonyl (C=O) groups is 2. The fourth-order valence-corrected chi connectivity index (χ4v) is 2.56. The van der Waals surface area contributed by atoms with Crippen molar-refractivity contribution in [2.24, 2.45) is 0 Å². The van der Waals surface area contributed by atoms with Crippen LogP contribution in [0.3, 0.4) is 0 Å². The molecule has 2 rings (SSSR count). The van der Waals surface area contributed by atoms with Gasteiger partial charge in [-0.2, -0.15) is 0 Å². The molecule has 0 saturated heterocycles. The lowest BCUT2D eigenvalue weighted by molar-refractivity contribution is -0.119. The van der Waals surface area contributed by atoms with Gasteiger partial charge in [-0.05, 0) is 36.8 Å². The van der Waals surface area contributed by atoms with E-state index in [9.17, 15) is 9.59 Å². The Balaban J connectivity index is 2.09. The average Bonchev–Trinajstić information content (AvgIpc) is 2.67. The molecule has 0 aromatic heterocycles. The maximum Gasteiger partial charge on any atom is 0.342 e. The number of anilines is 1. The molecule has 0 fully saturated rings. The standard InChI is InChI=1S/C19H20ClNO6/c1-11-5-6-12(20)9-14(11)21-16(22)10-27-19(23)13-7-8-15(24-2)18(26-4)17(13)25-3/h5-9H,10H2,1-4H3,(H,21,22). The molecule has 0 spiro atoms. The third-order valence-corrected chi connectivity index (χ3v) is 3.97. The number of hydrogen-bond donors (Lipinski definition) is 1. The number of ether oxygens (including phenoxy) is 4. The van der Waals surface area contributed by atoms with Crippen LogP contribution in [0.15, 0.2) is 30.3 Å². The van der Waals surface area contributed by atoms with Crippen molar-refractivity contribution in [2.75, 3.05) is 33.3 Å². The SMILES string of the molecule is COc1ccc(C(=O)OCC(=O)Nc2cc(Cl)ccc2C)c(OC)c1OC. The highest BCUT2D eigenvalue weighted by atomic mass is 35.5. The van der Waals surface area contributed by atoms with Crippen molar-refractivity contribution in [3.8, 4) is 17.2 Å². The molecule has 0 aliphatic rings. The summed E-state index contributed by atoms with van der Waals surface area (Å²) in [6.07, 6.45) is 0. The van der Waals surface area contributed by atoms with Gasteiger partial charge >= 0.3 is 5.97 Å². The van der Waals surface area contributed by atoms with E-state index in [2.05, 4.69) is 5.32 Å². The van der Waals surface area contributed by atoms with Gasteiger partial charge < -0.3 is 24.3 Å². The summed E-state index contributed by atoms with van der Waals surface area (Å²) in [4.78, 5) is 24.5. The van der Waals surface area contributed by atoms with E-state index in [-0.39, 0.29) is 17.1 Å². The first-order valence-corrected chi connectivity index (χ1v) is 8.31. The quantitative estimate of drug-likeness (QED) is 0.725. The van der Waals surface area contributed by atoms with Gasteiger partial charge in [0.2, 0.25) is 5.75 Å². The highest BCUT2D eigenvalue weighted by Crippen LogP contribution is 2.39. The van der Waals surface area contributed by atoms with Gasteiger partial charge in [0, 0.05) is 10.7 Å². The number of amides is 1. The summed E-state index contributed by atoms with van der Waals surface area (Å²) in [7, 11) is 4.29. The maximum atomic E-state index is 12.4. The number of methoxy groups -OCH3 is 3. The summed E-state index contributed by atoms with van der Waals surface area (Å²) in [6.45, 7) is 1.36. The van der Waals surface area contributed by atoms with E-state index in [4.69, 9.17) is 30.5 Å². The summed E-state index contributed by atoms with van der Waals surface area (Å²) in [6, 6.07) is 8.14. The lowest BCUT2D eigenvalue weighted by atomic mass is 10.1. The van der Waals surface area contributed by atoms with E-state index in [0.29, 0.717) is 16.5 Å². The van der Waals surface area contributed by atoms with Crippen molar-refractivity contribution in [3.05, 3.63) is 46.5 Å². The minimum absolute atomic E-state index is 0.113. The molecule has 144 valence electrons. The second-order valence-corrected chi connectivity index (χ2v) is 5.90. The van der Waals surface area contributed by atoms with Crippen LogP contribution in [0, 0.1) is 6.92 Å². The van der Waals surface area contributed by atoms with Crippen molar-refractivity contribution in [1.82, 2.24) is 0 Å². The van der Waals surface area contributed by atoms with Crippen LogP contribution in [0.25, 0.3) is 0 Å². The van der Waals surface area contributed by atoms with Crippen LogP contribution in [0.4, 0.5) is 5.69 Å². The van der Waals surface area contributed by atoms with Gasteiger partial charge in [-0.25, -0.2) is 4.79 Å². The van der Waals surface area contributed by atoms with Crippen molar-refractivity contribution < 1.29 is 28.5 Å². The first-order chi connectivity index (χ1) is 12.9. The van der Waals surface area contributed by atoms with Crippen molar-refractivity contribution in [2.45, 2.75) is 6.92 Å². The summed E-state index contributed by atoms with van der Waals surface area (Å²) < 4.78 is 20.7. The third-order valence-electron chi connectivity index (χ3n) is 3.73. The van der Waals surface area contributed by atoms with Crippen LogP contribution in [-0.4, -0.2) is 39.8 Å². The Morgan fingerprint density at radius 3 is 2.33 bits per heavy atom. The average molecular weight is 394 g/mol. The summed E-state index contributed by atoms with van der Waals surface area (Å²) in [5.41, 5.74) is 1.50. The molecule has 0 radical (unpaired) electrons. The van der Waals surface area contributed by atoms with Gasteiger partial charge in [0.05, 0.1) is 21.3 Å². The van der Waals surface area contributed by atoms with Gasteiger partial charge in [0.1, 0.15) is 5.56 Å². The molecule has 1 amide bonds. The number of carbonyl (C=O) groups excluding carboxylic acids is 2. The zero-order valence-electron chi connectivity index (χ0n) is 15.4. The molecular formula is C19H20ClNO6. The molecule has 8 heteroatoms. The number of nitrogens with one attached hydrogen (secondary N) is 1. The summed E-state index contributed by atoms with van der Waals surface area (Å²) in [5.74, 6) is -0.402. The van der Waals surface area contributed by atoms with Crippen LogP contribution < -0.4 is 19.5 Å². The molecular weight excluding hydrogens is 374 g/mol. The van der Waals surface area contributed by atoms with E-state index in [0.717, 1.165) is 5.56 Å². The Hall–Kier alpha value is -2.93. The normalized spacial score (nSPS) is 10.1. The molecule has 2 aromatic carbocycles. The largest absolute Gasteiger partial charge is 0.493 e. The molecule has 0 aliphatic heterocycles. The summed E-state index contributed by atoms with van der Waals surface area (Å²) >= 11 is 5.92. The molecule has 0 aliphatic carbocycles. The van der Waals surface area contributed by atoms with Gasteiger partial charge in [-0.3, -0.25) is 4.79 Å². The Morgan fingerprint density at radius 1 is 1.00 bits per heavy atom. The van der Waals surface area contributed by atoms with E-state index < -0.39 is 18.5 Å². The molecule has 0 bridgehead atoms. The minimum Gasteiger partial charge on any atom is -0.493 e. The lowest BCUT2D eigenvalue weighted by Crippen LogP contribution is -2.21. The topological polar surface area (TPSA) is 83.1 Å². The van der Waals surface area contributed by atoms with E-state index in [1.54, 1.807) is 24.3 Å². The van der Waals surface area contributed by atoms with Crippen molar-refractivity contribution >= 4 is 29.2 Å². The first-order valence-electron chi connectivity index (χ1n) is 7.93. The lowest BCUT2D eigenvalue weighted by Gasteiger charge is -2.15. The highest BCUT2D eigenvalue weighted by Gasteiger charge is 2.22. The fraction of sp³-hybridized carbons (Fsp3) is 0.263. The van der Waals surface area contributed by atoms with E-state index >= 15 is 0 Å². The van der Waals surface area contributed by atoms with Crippen molar-refractivity contribution in [1.29, 1.82) is 0 Å². The molecule has 7 nitrogen and oxygen atoms in total. The first kappa shape index (κ1) is 20.4. The maximum absolute atomic E-state index is 12.4. The molecule has 1 N–H and O–H groups in total. The Kier molecular flexibility index (Phi) is 6.90. The number of halogens is 1. The molecule has 0 atom stereocenters. The van der Waals surface area contributed by atoms with E-state index in [1.165, 1.54) is 27.4 Å². The Bertz CT molecular complexity index is 852. The van der Waals surface area contributed by atoms with Crippen LogP contribution in [0.1, 0.15) is 15.9 Å². The fourth-order valence-electron chi connectivity index (χ4n) is 2.39. The minimum atomic E-state index is -0.731. The number of hydrogen-bond acceptors (Lipinski definition) is 6. The van der Waals surface area contributed by atoms with Crippen LogP contribution >= 0.6 is 11.6 Å². The van der Waals surface area contributed by atoms with Gasteiger partial charge in [-0.15, -0.1) is 0 Å². The van der Waals surface area contributed by atoms with Crippen LogP contribution in [0.5, 0.6) is 17.2 Å². The Labute approximate surface area is 162 Å². The zero-order valence-corrected chi connectivity index (χ0v) is 16.2. The molecule has 0 heterocycles. The number of aryl methyl sites for hydroxylation is 1. The van der Waals surface area contributed by atoms with Crippen molar-refractivity contribution in [3.63, 3.8) is 0 Å². The molecule has 27 heavy (non-hydrogen) atoms. The van der Waals surface area contributed by atoms with Crippen LogP contribution in [-0.2, 0) is 9.53 Å². The van der Waals surface area contributed by atoms with Gasteiger partial charge in [0.15, 0.2) is 18.1 Å². The number of rotatable bonds is 7. The third kappa shape index (κ3) is 4.83. The number of benzene rings is 2. The molecule has 2 aromatic rings. The molecule has 0 unspecified atom stereocenters. The zero-order chi connectivity index (χ0) is 20.0. The molecule has 0 saturated carbocycles. The predicted octanol–water partition coefficient (Wildman–Crippen LogP) is 3.47. The van der Waals surface area contributed by atoms with Gasteiger partial charge in [-0.1, -0.05) is 17.7 Å². The van der Waals surface area contributed by atoms with Crippen LogP contribution in [0.2, 0.25) is 5.02 Å². The Morgan fingerprint density at radius 2 is 1.70 bits per heavy atom. The second-order valence-electron chi connectivity index (χ2n) is 5.47. The predicted molar refractivity (Wildman–Crippen MR) is 101 cm³/mol.